The van der Waals surface area contributed by atoms with E-state index in [4.69, 9.17) is 0 Å². The lowest BCUT2D eigenvalue weighted by Gasteiger charge is -2.10. The predicted molar refractivity (Wildman–Crippen MR) is 88.6 cm³/mol. The maximum atomic E-state index is 13.1. The van der Waals surface area contributed by atoms with Gasteiger partial charge >= 0.3 is 6.03 Å². The molecule has 0 bridgehead atoms. The summed E-state index contributed by atoms with van der Waals surface area (Å²) < 4.78 is 14.8. The number of hydrogen-bond acceptors (Lipinski definition) is 4. The molecule has 24 heavy (non-hydrogen) atoms. The Morgan fingerprint density at radius 3 is 2.58 bits per heavy atom. The number of nitrogens with zero attached hydrogens (tertiary/aromatic N) is 2. The smallest absolute Gasteiger partial charge is 0.321 e. The summed E-state index contributed by atoms with van der Waals surface area (Å²) in [7, 11) is 1.43. The van der Waals surface area contributed by atoms with Crippen molar-refractivity contribution < 1.29 is 14.0 Å². The average molecular weight is 333 g/mol. The summed E-state index contributed by atoms with van der Waals surface area (Å²) in [6.07, 6.45) is 3.23. The fraction of sp³-hybridized carbons (Fsp3) is 0.312. The number of halogens is 1. The van der Waals surface area contributed by atoms with Crippen LogP contribution < -0.4 is 16.0 Å². The topological polar surface area (TPSA) is 88.1 Å². The van der Waals surface area contributed by atoms with Crippen LogP contribution in [-0.2, 0) is 11.2 Å². The molecular weight excluding hydrogens is 313 g/mol. The number of aromatic nitrogens is 2. The van der Waals surface area contributed by atoms with Crippen molar-refractivity contribution in [3.63, 3.8) is 0 Å². The van der Waals surface area contributed by atoms with Gasteiger partial charge in [0.25, 0.3) is 0 Å². The molecule has 8 heteroatoms. The highest BCUT2D eigenvalue weighted by molar-refractivity contribution is 5.96. The number of nitrogens with one attached hydrogen (secondary N) is 3. The van der Waals surface area contributed by atoms with Crippen molar-refractivity contribution in [1.29, 1.82) is 0 Å². The van der Waals surface area contributed by atoms with E-state index in [1.165, 1.54) is 19.2 Å². The summed E-state index contributed by atoms with van der Waals surface area (Å²) in [5.74, 6) is -0.765. The van der Waals surface area contributed by atoms with E-state index in [9.17, 15) is 14.0 Å². The molecule has 0 saturated carbocycles. The van der Waals surface area contributed by atoms with Crippen LogP contribution in [0.3, 0.4) is 0 Å². The Balaban J connectivity index is 2.14. The summed E-state index contributed by atoms with van der Waals surface area (Å²) in [4.78, 5) is 22.8. The van der Waals surface area contributed by atoms with Crippen LogP contribution in [0.2, 0.25) is 0 Å². The first-order valence-corrected chi connectivity index (χ1v) is 7.63. The van der Waals surface area contributed by atoms with Gasteiger partial charge in [-0.05, 0) is 30.7 Å². The lowest BCUT2D eigenvalue weighted by Crippen LogP contribution is -2.40. The summed E-state index contributed by atoms with van der Waals surface area (Å²) in [6.45, 7) is 1.98. The molecule has 1 aromatic carbocycles. The minimum atomic E-state index is -0.558. The highest BCUT2D eigenvalue weighted by Gasteiger charge is 2.13. The van der Waals surface area contributed by atoms with E-state index < -0.39 is 11.9 Å². The molecule has 1 aromatic heterocycles. The number of anilines is 1. The molecule has 0 unspecified atom stereocenters. The largest absolute Gasteiger partial charge is 0.373 e. The van der Waals surface area contributed by atoms with E-state index in [0.29, 0.717) is 5.69 Å². The number of urea groups is 1. The number of hydrogen-bond donors (Lipinski definition) is 3. The summed E-state index contributed by atoms with van der Waals surface area (Å²) in [5, 5.41) is 11.8. The molecule has 0 aliphatic heterocycles. The monoisotopic (exact) mass is 333 g/mol. The van der Waals surface area contributed by atoms with Crippen molar-refractivity contribution in [1.82, 2.24) is 20.4 Å². The number of imide groups is 1. The Kier molecular flexibility index (Phi) is 5.89. The first-order valence-electron chi connectivity index (χ1n) is 7.63. The number of carbonyl (C=O) groups excluding carboxylic acids is 2. The summed E-state index contributed by atoms with van der Waals surface area (Å²) >= 11 is 0. The van der Waals surface area contributed by atoms with Gasteiger partial charge in [-0.2, -0.15) is 5.10 Å². The van der Waals surface area contributed by atoms with E-state index in [1.807, 2.05) is 6.92 Å². The number of rotatable bonds is 6. The molecule has 0 spiro atoms. The van der Waals surface area contributed by atoms with E-state index >= 15 is 0 Å². The minimum absolute atomic E-state index is 0.0563. The number of benzene rings is 1. The second-order valence-electron chi connectivity index (χ2n) is 5.12. The fourth-order valence-corrected chi connectivity index (χ4v) is 2.21. The van der Waals surface area contributed by atoms with Gasteiger partial charge in [-0.3, -0.25) is 10.1 Å². The normalized spacial score (nSPS) is 10.3. The van der Waals surface area contributed by atoms with Gasteiger partial charge < -0.3 is 10.6 Å². The Labute approximate surface area is 139 Å². The molecule has 3 amide bonds. The first kappa shape index (κ1) is 17.5. The zero-order chi connectivity index (χ0) is 17.5. The van der Waals surface area contributed by atoms with E-state index in [0.717, 1.165) is 24.2 Å². The van der Waals surface area contributed by atoms with Gasteiger partial charge in [0.2, 0.25) is 5.91 Å². The fourth-order valence-electron chi connectivity index (χ4n) is 2.21. The van der Waals surface area contributed by atoms with Crippen LogP contribution in [0.15, 0.2) is 30.5 Å². The van der Waals surface area contributed by atoms with Crippen molar-refractivity contribution in [3.05, 3.63) is 42.0 Å². The molecule has 0 atom stereocenters. The minimum Gasteiger partial charge on any atom is -0.373 e. The van der Waals surface area contributed by atoms with Crippen LogP contribution in [-0.4, -0.2) is 35.3 Å². The third kappa shape index (κ3) is 4.31. The molecule has 2 rings (SSSR count). The molecule has 0 aliphatic rings. The Bertz CT molecular complexity index is 712. The van der Waals surface area contributed by atoms with E-state index in [2.05, 4.69) is 21.0 Å². The highest BCUT2D eigenvalue weighted by atomic mass is 19.1. The Hall–Kier alpha value is -2.90. The second kappa shape index (κ2) is 8.09. The van der Waals surface area contributed by atoms with Crippen LogP contribution in [0, 0.1) is 5.82 Å². The summed E-state index contributed by atoms with van der Waals surface area (Å²) in [6, 6.07) is 5.47. The molecule has 0 radical (unpaired) electrons. The molecule has 0 aliphatic carbocycles. The van der Waals surface area contributed by atoms with Crippen LogP contribution in [0.4, 0.5) is 14.9 Å². The van der Waals surface area contributed by atoms with Gasteiger partial charge in [0.1, 0.15) is 5.82 Å². The Morgan fingerprint density at radius 1 is 1.25 bits per heavy atom. The molecule has 1 heterocycles. The lowest BCUT2D eigenvalue weighted by atomic mass is 10.2. The van der Waals surface area contributed by atoms with Crippen LogP contribution in [0.1, 0.15) is 19.0 Å². The molecule has 2 aromatic rings. The average Bonchev–Trinajstić information content (AvgIpc) is 2.97. The highest BCUT2D eigenvalue weighted by Crippen LogP contribution is 2.21. The van der Waals surface area contributed by atoms with Gasteiger partial charge in [0.05, 0.1) is 29.8 Å². The van der Waals surface area contributed by atoms with Crippen molar-refractivity contribution in [2.24, 2.45) is 0 Å². The number of amides is 3. The maximum absolute atomic E-state index is 13.1. The van der Waals surface area contributed by atoms with Crippen LogP contribution in [0.25, 0.3) is 5.69 Å². The second-order valence-corrected chi connectivity index (χ2v) is 5.12. The van der Waals surface area contributed by atoms with Crippen molar-refractivity contribution in [2.75, 3.05) is 18.9 Å². The van der Waals surface area contributed by atoms with E-state index in [1.54, 1.807) is 23.0 Å². The van der Waals surface area contributed by atoms with E-state index in [-0.39, 0.29) is 12.4 Å². The van der Waals surface area contributed by atoms with Crippen LogP contribution >= 0.6 is 0 Å². The predicted octanol–water partition coefficient (Wildman–Crippen LogP) is 1.83. The summed E-state index contributed by atoms with van der Waals surface area (Å²) in [5.41, 5.74) is 2.33. The van der Waals surface area contributed by atoms with Gasteiger partial charge in [0, 0.05) is 7.05 Å². The van der Waals surface area contributed by atoms with Gasteiger partial charge in [-0.1, -0.05) is 13.3 Å². The van der Waals surface area contributed by atoms with Crippen molar-refractivity contribution in [3.8, 4) is 5.69 Å². The molecule has 7 nitrogen and oxygen atoms in total. The molecule has 128 valence electrons. The first-order chi connectivity index (χ1) is 11.5. The third-order valence-corrected chi connectivity index (χ3v) is 3.35. The van der Waals surface area contributed by atoms with Gasteiger partial charge in [0.15, 0.2) is 0 Å². The quantitative estimate of drug-likeness (QED) is 0.752. The zero-order valence-electron chi connectivity index (χ0n) is 13.6. The molecular formula is C16H20FN5O2. The molecule has 0 fully saturated rings. The van der Waals surface area contributed by atoms with Gasteiger partial charge in [-0.25, -0.2) is 13.9 Å². The SMILES string of the molecule is CCCc1c(NCC(=O)NC(=O)NC)cnn1-c1ccc(F)cc1. The third-order valence-electron chi connectivity index (χ3n) is 3.35. The number of carbonyl (C=O) groups is 2. The van der Waals surface area contributed by atoms with Crippen LogP contribution in [0.5, 0.6) is 0 Å². The maximum Gasteiger partial charge on any atom is 0.321 e. The standard InChI is InChI=1S/C16H20FN5O2/c1-3-4-14-13(19-10-15(23)21-16(24)18-2)9-20-22(14)12-7-5-11(17)6-8-12/h5-9,19H,3-4,10H2,1-2H3,(H2,18,21,23,24). The van der Waals surface area contributed by atoms with Crippen molar-refractivity contribution >= 4 is 17.6 Å². The lowest BCUT2D eigenvalue weighted by molar-refractivity contribution is -0.118. The zero-order valence-corrected chi connectivity index (χ0v) is 13.6. The molecule has 3 N–H and O–H groups in total. The van der Waals surface area contributed by atoms with Crippen molar-refractivity contribution in [2.45, 2.75) is 19.8 Å². The molecule has 0 saturated heterocycles. The van der Waals surface area contributed by atoms with Gasteiger partial charge in [-0.15, -0.1) is 0 Å². The Morgan fingerprint density at radius 2 is 1.96 bits per heavy atom.